The Balaban J connectivity index is 2.22. The van der Waals surface area contributed by atoms with Crippen molar-refractivity contribution in [2.75, 3.05) is 31.6 Å². The van der Waals surface area contributed by atoms with Crippen LogP contribution in [0.3, 0.4) is 0 Å². The van der Waals surface area contributed by atoms with Gasteiger partial charge in [0.05, 0.1) is 12.4 Å². The number of amides is 1. The van der Waals surface area contributed by atoms with Crippen molar-refractivity contribution in [1.29, 1.82) is 0 Å². The van der Waals surface area contributed by atoms with Gasteiger partial charge in [0.25, 0.3) is 5.91 Å². The number of hydrogen-bond donors (Lipinski definition) is 2. The Morgan fingerprint density at radius 1 is 1.35 bits per heavy atom. The topological polar surface area (TPSA) is 76.1 Å². The van der Waals surface area contributed by atoms with Crippen LogP contribution in [0.2, 0.25) is 0 Å². The van der Waals surface area contributed by atoms with Crippen molar-refractivity contribution in [2.45, 2.75) is 27.2 Å². The maximum absolute atomic E-state index is 11.8. The largest absolute Gasteiger partial charge is 0.381 e. The summed E-state index contributed by atoms with van der Waals surface area (Å²) in [4.78, 5) is 20.0. The molecule has 6 nitrogen and oxygen atoms in total. The van der Waals surface area contributed by atoms with E-state index in [0.29, 0.717) is 30.6 Å². The number of nitrogens with one attached hydrogen (secondary N) is 2. The molecule has 0 saturated carbocycles. The molecule has 20 heavy (non-hydrogen) atoms. The first kappa shape index (κ1) is 16.4. The monoisotopic (exact) mass is 280 g/mol. The van der Waals surface area contributed by atoms with E-state index in [4.69, 9.17) is 4.74 Å². The van der Waals surface area contributed by atoms with Crippen LogP contribution in [-0.4, -0.2) is 42.2 Å². The molecule has 0 radical (unpaired) electrons. The minimum absolute atomic E-state index is 0.204. The summed E-state index contributed by atoms with van der Waals surface area (Å²) >= 11 is 0. The third-order valence-electron chi connectivity index (χ3n) is 2.44. The molecular formula is C14H24N4O2. The normalized spacial score (nSPS) is 10.6. The van der Waals surface area contributed by atoms with Gasteiger partial charge in [0.15, 0.2) is 0 Å². The number of nitrogens with zero attached hydrogens (tertiary/aromatic N) is 2. The number of carbonyl (C=O) groups is 1. The van der Waals surface area contributed by atoms with E-state index in [1.54, 1.807) is 6.20 Å². The number of ether oxygens (including phenoxy) is 1. The molecule has 1 amide bonds. The SMILES string of the molecule is CCNc1cnc(C(=O)NCCCOCC(C)C)cn1. The predicted molar refractivity (Wildman–Crippen MR) is 78.8 cm³/mol. The van der Waals surface area contributed by atoms with Crippen LogP contribution in [0.25, 0.3) is 0 Å². The summed E-state index contributed by atoms with van der Waals surface area (Å²) in [6.45, 7) is 8.96. The van der Waals surface area contributed by atoms with Crippen molar-refractivity contribution in [3.8, 4) is 0 Å². The Kier molecular flexibility index (Phi) is 7.57. The molecule has 1 heterocycles. The zero-order valence-corrected chi connectivity index (χ0v) is 12.5. The number of carbonyl (C=O) groups excluding carboxylic acids is 1. The maximum atomic E-state index is 11.8. The van der Waals surface area contributed by atoms with E-state index < -0.39 is 0 Å². The van der Waals surface area contributed by atoms with E-state index >= 15 is 0 Å². The Morgan fingerprint density at radius 2 is 2.15 bits per heavy atom. The second kappa shape index (κ2) is 9.25. The highest BCUT2D eigenvalue weighted by Crippen LogP contribution is 2.00. The smallest absolute Gasteiger partial charge is 0.271 e. The first-order chi connectivity index (χ1) is 9.63. The molecular weight excluding hydrogens is 256 g/mol. The van der Waals surface area contributed by atoms with E-state index in [0.717, 1.165) is 19.6 Å². The molecule has 6 heteroatoms. The first-order valence-corrected chi connectivity index (χ1v) is 7.05. The summed E-state index contributed by atoms with van der Waals surface area (Å²) in [5.41, 5.74) is 0.328. The van der Waals surface area contributed by atoms with Crippen molar-refractivity contribution >= 4 is 11.7 Å². The highest BCUT2D eigenvalue weighted by molar-refractivity contribution is 5.91. The van der Waals surface area contributed by atoms with Crippen LogP contribution < -0.4 is 10.6 Å². The van der Waals surface area contributed by atoms with E-state index in [1.165, 1.54) is 6.20 Å². The minimum atomic E-state index is -0.204. The van der Waals surface area contributed by atoms with Gasteiger partial charge in [-0.25, -0.2) is 9.97 Å². The van der Waals surface area contributed by atoms with E-state index in [1.807, 2.05) is 6.92 Å². The Labute approximate surface area is 120 Å². The lowest BCUT2D eigenvalue weighted by atomic mass is 10.2. The summed E-state index contributed by atoms with van der Waals surface area (Å²) < 4.78 is 5.44. The Morgan fingerprint density at radius 3 is 2.75 bits per heavy atom. The molecule has 0 unspecified atom stereocenters. The number of hydrogen-bond acceptors (Lipinski definition) is 5. The molecule has 1 rings (SSSR count). The second-order valence-electron chi connectivity index (χ2n) is 4.90. The molecule has 112 valence electrons. The average Bonchev–Trinajstić information content (AvgIpc) is 2.43. The number of rotatable bonds is 9. The summed E-state index contributed by atoms with van der Waals surface area (Å²) in [6.07, 6.45) is 3.83. The molecule has 0 aliphatic carbocycles. The van der Waals surface area contributed by atoms with Gasteiger partial charge in [-0.05, 0) is 19.3 Å². The highest BCUT2D eigenvalue weighted by atomic mass is 16.5. The van der Waals surface area contributed by atoms with Gasteiger partial charge in [0, 0.05) is 26.3 Å². The van der Waals surface area contributed by atoms with Gasteiger partial charge in [0.2, 0.25) is 0 Å². The molecule has 1 aromatic heterocycles. The molecule has 0 fully saturated rings. The van der Waals surface area contributed by atoms with Crippen LogP contribution in [0.5, 0.6) is 0 Å². The van der Waals surface area contributed by atoms with Crippen LogP contribution in [0, 0.1) is 5.92 Å². The van der Waals surface area contributed by atoms with Crippen molar-refractivity contribution in [2.24, 2.45) is 5.92 Å². The fourth-order valence-electron chi connectivity index (χ4n) is 1.50. The Hall–Kier alpha value is -1.69. The quantitative estimate of drug-likeness (QED) is 0.673. The molecule has 1 aromatic rings. The molecule has 0 aliphatic rings. The summed E-state index contributed by atoms with van der Waals surface area (Å²) in [7, 11) is 0. The predicted octanol–water partition coefficient (Wildman–Crippen LogP) is 1.70. The van der Waals surface area contributed by atoms with Crippen LogP contribution in [0.1, 0.15) is 37.7 Å². The van der Waals surface area contributed by atoms with Gasteiger partial charge in [-0.1, -0.05) is 13.8 Å². The molecule has 2 N–H and O–H groups in total. The zero-order chi connectivity index (χ0) is 14.8. The fraction of sp³-hybridized carbons (Fsp3) is 0.643. The lowest BCUT2D eigenvalue weighted by Gasteiger charge is -2.07. The maximum Gasteiger partial charge on any atom is 0.271 e. The van der Waals surface area contributed by atoms with E-state index in [-0.39, 0.29) is 5.91 Å². The lowest BCUT2D eigenvalue weighted by Crippen LogP contribution is -2.26. The molecule has 0 atom stereocenters. The standard InChI is InChI=1S/C14H24N4O2/c1-4-15-13-9-17-12(8-18-13)14(19)16-6-5-7-20-10-11(2)3/h8-9,11H,4-7,10H2,1-3H3,(H,15,18)(H,16,19). The van der Waals surface area contributed by atoms with Crippen molar-refractivity contribution in [3.63, 3.8) is 0 Å². The highest BCUT2D eigenvalue weighted by Gasteiger charge is 2.06. The van der Waals surface area contributed by atoms with Gasteiger partial charge < -0.3 is 15.4 Å². The van der Waals surface area contributed by atoms with Crippen molar-refractivity contribution in [3.05, 3.63) is 18.1 Å². The van der Waals surface area contributed by atoms with E-state index in [9.17, 15) is 4.79 Å². The van der Waals surface area contributed by atoms with Crippen molar-refractivity contribution < 1.29 is 9.53 Å². The van der Waals surface area contributed by atoms with Gasteiger partial charge >= 0.3 is 0 Å². The summed E-state index contributed by atoms with van der Waals surface area (Å²) in [5.74, 6) is 1.01. The van der Waals surface area contributed by atoms with Crippen LogP contribution in [-0.2, 0) is 4.74 Å². The molecule has 0 aliphatic heterocycles. The minimum Gasteiger partial charge on any atom is -0.381 e. The van der Waals surface area contributed by atoms with Crippen LogP contribution >= 0.6 is 0 Å². The number of anilines is 1. The van der Waals surface area contributed by atoms with Gasteiger partial charge in [-0.15, -0.1) is 0 Å². The average molecular weight is 280 g/mol. The zero-order valence-electron chi connectivity index (χ0n) is 12.5. The van der Waals surface area contributed by atoms with E-state index in [2.05, 4.69) is 34.4 Å². The molecule has 0 bridgehead atoms. The van der Waals surface area contributed by atoms with Gasteiger partial charge in [0.1, 0.15) is 11.5 Å². The number of aromatic nitrogens is 2. The molecule has 0 spiro atoms. The van der Waals surface area contributed by atoms with Gasteiger partial charge in [-0.3, -0.25) is 4.79 Å². The third kappa shape index (κ3) is 6.47. The van der Waals surface area contributed by atoms with Gasteiger partial charge in [-0.2, -0.15) is 0 Å². The summed E-state index contributed by atoms with van der Waals surface area (Å²) in [6, 6.07) is 0. The molecule has 0 saturated heterocycles. The summed E-state index contributed by atoms with van der Waals surface area (Å²) in [5, 5.41) is 5.82. The lowest BCUT2D eigenvalue weighted by molar-refractivity contribution is 0.0920. The van der Waals surface area contributed by atoms with Crippen LogP contribution in [0.4, 0.5) is 5.82 Å². The Bertz CT molecular complexity index is 393. The molecule has 0 aromatic carbocycles. The first-order valence-electron chi connectivity index (χ1n) is 7.05. The second-order valence-corrected chi connectivity index (χ2v) is 4.90. The fourth-order valence-corrected chi connectivity index (χ4v) is 1.50. The van der Waals surface area contributed by atoms with Crippen molar-refractivity contribution in [1.82, 2.24) is 15.3 Å². The third-order valence-corrected chi connectivity index (χ3v) is 2.44. The van der Waals surface area contributed by atoms with Crippen LogP contribution in [0.15, 0.2) is 12.4 Å².